The van der Waals surface area contributed by atoms with Crippen LogP contribution in [0.2, 0.25) is 0 Å². The van der Waals surface area contributed by atoms with Gasteiger partial charge >= 0.3 is 6.09 Å². The van der Waals surface area contributed by atoms with Gasteiger partial charge in [-0.25, -0.2) is 19.4 Å². The molecule has 0 bridgehead atoms. The molecule has 3 N–H and O–H groups in total. The number of anilines is 4. The average molecular weight is 607 g/mol. The monoisotopic (exact) mass is 606 g/mol. The zero-order valence-corrected chi connectivity index (χ0v) is 25.3. The normalized spacial score (nSPS) is 11.4. The van der Waals surface area contributed by atoms with E-state index >= 15 is 0 Å². The number of aromatic nitrogens is 5. The van der Waals surface area contributed by atoms with Gasteiger partial charge in [0, 0.05) is 22.3 Å². The van der Waals surface area contributed by atoms with Crippen LogP contribution in [0.15, 0.2) is 91.4 Å². The molecule has 2 amide bonds. The molecule has 2 aromatic carbocycles. The topological polar surface area (TPSA) is 127 Å². The van der Waals surface area contributed by atoms with Crippen molar-refractivity contribution in [2.24, 2.45) is 0 Å². The minimum atomic E-state index is -0.689. The molecule has 44 heavy (non-hydrogen) atoms. The number of thiazole rings is 1. The number of nitrogens with zero attached hydrogens (tertiary/aromatic N) is 5. The zero-order chi connectivity index (χ0) is 30.8. The highest BCUT2D eigenvalue weighted by Crippen LogP contribution is 2.32. The minimum absolute atomic E-state index is 0.185. The van der Waals surface area contributed by atoms with Gasteiger partial charge in [-0.3, -0.25) is 14.5 Å². The molecule has 0 saturated carbocycles. The lowest BCUT2D eigenvalue weighted by Gasteiger charge is -2.19. The standard InChI is InChI=1S/C32H30N8O3S/c1-20-27(25-18-33-26-12-8-9-17-39(25)26)36-30(44-20)34-22-15-13-21(14-16-22)29(41)37-28-24(35-31(42)43-32(2,3)4)19-40(38-28)23-10-6-5-7-11-23/h5-19H,1-4H3,(H,34,36)(H,35,42)(H,37,38,41). The Bertz CT molecular complexity index is 1950. The van der Waals surface area contributed by atoms with Crippen molar-refractivity contribution >= 4 is 51.3 Å². The van der Waals surface area contributed by atoms with Crippen molar-refractivity contribution in [2.45, 2.75) is 33.3 Å². The van der Waals surface area contributed by atoms with Gasteiger partial charge in [0.15, 0.2) is 10.9 Å². The number of hydrogen-bond donors (Lipinski definition) is 3. The van der Waals surface area contributed by atoms with Gasteiger partial charge in [-0.05, 0) is 76.2 Å². The number of benzene rings is 2. The second-order valence-corrected chi connectivity index (χ2v) is 12.2. The van der Waals surface area contributed by atoms with Crippen molar-refractivity contribution in [3.63, 3.8) is 0 Å². The Balaban J connectivity index is 1.18. The first-order chi connectivity index (χ1) is 21.1. The molecule has 4 aromatic heterocycles. The summed E-state index contributed by atoms with van der Waals surface area (Å²) in [6, 6.07) is 22.3. The second-order valence-electron chi connectivity index (χ2n) is 11.0. The lowest BCUT2D eigenvalue weighted by atomic mass is 10.2. The summed E-state index contributed by atoms with van der Waals surface area (Å²) in [6.07, 6.45) is 4.76. The highest BCUT2D eigenvalue weighted by atomic mass is 32.1. The molecule has 0 fully saturated rings. The fourth-order valence-electron chi connectivity index (χ4n) is 4.49. The van der Waals surface area contributed by atoms with Gasteiger partial charge in [-0.2, -0.15) is 0 Å². The smallest absolute Gasteiger partial charge is 0.412 e. The van der Waals surface area contributed by atoms with Gasteiger partial charge < -0.3 is 15.4 Å². The molecule has 0 radical (unpaired) electrons. The van der Waals surface area contributed by atoms with E-state index in [1.807, 2.05) is 84.4 Å². The third-order valence-electron chi connectivity index (χ3n) is 6.46. The predicted molar refractivity (Wildman–Crippen MR) is 172 cm³/mol. The number of carbonyl (C=O) groups is 2. The molecule has 222 valence electrons. The molecule has 6 rings (SSSR count). The number of fused-ring (bicyclic) bond motifs is 1. The Kier molecular flexibility index (Phi) is 7.58. The van der Waals surface area contributed by atoms with Crippen LogP contribution < -0.4 is 16.0 Å². The Morgan fingerprint density at radius 2 is 1.68 bits per heavy atom. The number of aryl methyl sites for hydroxylation is 1. The Labute approximate surface area is 257 Å². The van der Waals surface area contributed by atoms with Crippen molar-refractivity contribution in [1.29, 1.82) is 0 Å². The first kappa shape index (κ1) is 28.6. The Morgan fingerprint density at radius 1 is 0.932 bits per heavy atom. The molecule has 4 heterocycles. The highest BCUT2D eigenvalue weighted by molar-refractivity contribution is 7.16. The third kappa shape index (κ3) is 6.30. The number of nitrogens with one attached hydrogen (secondary N) is 3. The quantitative estimate of drug-likeness (QED) is 0.174. The maximum absolute atomic E-state index is 13.2. The van der Waals surface area contributed by atoms with E-state index in [0.717, 1.165) is 38.4 Å². The predicted octanol–water partition coefficient (Wildman–Crippen LogP) is 7.29. The van der Waals surface area contributed by atoms with E-state index < -0.39 is 11.7 Å². The van der Waals surface area contributed by atoms with Crippen LogP contribution in [0.5, 0.6) is 0 Å². The van der Waals surface area contributed by atoms with Crippen molar-refractivity contribution < 1.29 is 14.3 Å². The number of hydrogen-bond acceptors (Lipinski definition) is 8. The van der Waals surface area contributed by atoms with E-state index in [4.69, 9.17) is 9.72 Å². The van der Waals surface area contributed by atoms with E-state index in [2.05, 4.69) is 26.0 Å². The highest BCUT2D eigenvalue weighted by Gasteiger charge is 2.21. The van der Waals surface area contributed by atoms with E-state index in [-0.39, 0.29) is 11.7 Å². The van der Waals surface area contributed by atoms with Crippen molar-refractivity contribution in [2.75, 3.05) is 16.0 Å². The van der Waals surface area contributed by atoms with Gasteiger partial charge in [0.25, 0.3) is 5.91 Å². The molecule has 0 spiro atoms. The molecule has 0 aliphatic heterocycles. The Morgan fingerprint density at radius 3 is 2.43 bits per heavy atom. The van der Waals surface area contributed by atoms with Crippen LogP contribution in [0.3, 0.4) is 0 Å². The van der Waals surface area contributed by atoms with Crippen LogP contribution in [-0.2, 0) is 4.74 Å². The summed E-state index contributed by atoms with van der Waals surface area (Å²) in [5, 5.41) is 14.1. The van der Waals surface area contributed by atoms with E-state index in [0.29, 0.717) is 11.3 Å². The van der Waals surface area contributed by atoms with Gasteiger partial charge in [0.2, 0.25) is 0 Å². The molecule has 0 aliphatic rings. The summed E-state index contributed by atoms with van der Waals surface area (Å²) >= 11 is 1.54. The second kappa shape index (κ2) is 11.7. The summed E-state index contributed by atoms with van der Waals surface area (Å²) in [5.74, 6) is -0.202. The molecular formula is C32H30N8O3S. The maximum Gasteiger partial charge on any atom is 0.412 e. The fraction of sp³-hybridized carbons (Fsp3) is 0.156. The van der Waals surface area contributed by atoms with Gasteiger partial charge in [0.05, 0.1) is 23.8 Å². The first-order valence-electron chi connectivity index (χ1n) is 13.9. The van der Waals surface area contributed by atoms with Crippen LogP contribution in [-0.4, -0.2) is 41.8 Å². The number of ether oxygens (including phenoxy) is 1. The third-order valence-corrected chi connectivity index (χ3v) is 7.34. The van der Waals surface area contributed by atoms with Crippen molar-refractivity contribution in [3.05, 3.63) is 102 Å². The van der Waals surface area contributed by atoms with Crippen LogP contribution >= 0.6 is 11.3 Å². The molecule has 12 heteroatoms. The van der Waals surface area contributed by atoms with Crippen LogP contribution in [0.4, 0.5) is 27.1 Å². The van der Waals surface area contributed by atoms with Gasteiger partial charge in [-0.15, -0.1) is 16.4 Å². The van der Waals surface area contributed by atoms with Gasteiger partial charge in [0.1, 0.15) is 22.6 Å². The van der Waals surface area contributed by atoms with E-state index in [1.54, 1.807) is 55.1 Å². The van der Waals surface area contributed by atoms with Crippen LogP contribution in [0.25, 0.3) is 22.7 Å². The van der Waals surface area contributed by atoms with Crippen LogP contribution in [0, 0.1) is 6.92 Å². The van der Waals surface area contributed by atoms with E-state index in [9.17, 15) is 9.59 Å². The first-order valence-corrected chi connectivity index (χ1v) is 14.7. The molecule has 0 saturated heterocycles. The number of pyridine rings is 1. The number of para-hydroxylation sites is 1. The summed E-state index contributed by atoms with van der Waals surface area (Å²) in [7, 11) is 0. The number of rotatable bonds is 7. The fourth-order valence-corrected chi connectivity index (χ4v) is 5.33. The SMILES string of the molecule is Cc1sc(Nc2ccc(C(=O)Nc3nn(-c4ccccc4)cc3NC(=O)OC(C)(C)C)cc2)nc1-c1cnc2ccccn12. The molecule has 0 atom stereocenters. The van der Waals surface area contributed by atoms with Crippen molar-refractivity contribution in [1.82, 2.24) is 24.1 Å². The molecule has 6 aromatic rings. The summed E-state index contributed by atoms with van der Waals surface area (Å²) in [5.41, 5.74) is 4.20. The number of carbonyl (C=O) groups excluding carboxylic acids is 2. The number of imidazole rings is 1. The molecule has 0 aliphatic carbocycles. The maximum atomic E-state index is 13.2. The number of amides is 2. The summed E-state index contributed by atoms with van der Waals surface area (Å²) in [4.78, 5) is 36.1. The minimum Gasteiger partial charge on any atom is -0.444 e. The molecular weight excluding hydrogens is 576 g/mol. The largest absolute Gasteiger partial charge is 0.444 e. The van der Waals surface area contributed by atoms with Gasteiger partial charge in [-0.1, -0.05) is 24.3 Å². The summed E-state index contributed by atoms with van der Waals surface area (Å²) in [6.45, 7) is 7.35. The van der Waals surface area contributed by atoms with Crippen molar-refractivity contribution in [3.8, 4) is 17.1 Å². The van der Waals surface area contributed by atoms with Crippen LogP contribution in [0.1, 0.15) is 36.0 Å². The summed E-state index contributed by atoms with van der Waals surface area (Å²) < 4.78 is 8.98. The average Bonchev–Trinajstić information content (AvgIpc) is 3.69. The lowest BCUT2D eigenvalue weighted by molar-refractivity contribution is 0.0635. The molecule has 0 unspecified atom stereocenters. The Hall–Kier alpha value is -5.49. The lowest BCUT2D eigenvalue weighted by Crippen LogP contribution is -2.27. The zero-order valence-electron chi connectivity index (χ0n) is 24.5. The molecule has 11 nitrogen and oxygen atoms in total. The van der Waals surface area contributed by atoms with E-state index in [1.165, 1.54) is 0 Å².